The van der Waals surface area contributed by atoms with Crippen molar-refractivity contribution in [2.24, 2.45) is 0 Å². The summed E-state index contributed by atoms with van der Waals surface area (Å²) in [5.41, 5.74) is 2.92. The monoisotopic (exact) mass is 563 g/mol. The van der Waals surface area contributed by atoms with E-state index in [0.29, 0.717) is 18.7 Å². The van der Waals surface area contributed by atoms with Crippen LogP contribution in [0.3, 0.4) is 0 Å². The Labute approximate surface area is 227 Å². The first-order valence-electron chi connectivity index (χ1n) is 12.9. The van der Waals surface area contributed by atoms with Crippen molar-refractivity contribution in [3.8, 4) is 11.5 Å². The lowest BCUT2D eigenvalue weighted by atomic mass is 10.1. The number of fused-ring (bicyclic) bond motifs is 1. The largest absolute Gasteiger partial charge is 0.493 e. The first-order chi connectivity index (χ1) is 18.2. The number of rotatable bonds is 14. The fourth-order valence-corrected chi connectivity index (χ4v) is 4.61. The summed E-state index contributed by atoms with van der Waals surface area (Å²) in [4.78, 5) is 17.2. The van der Waals surface area contributed by atoms with Crippen molar-refractivity contribution in [3.05, 3.63) is 88.7 Å². The number of aryl methyl sites for hydroxylation is 2. The summed E-state index contributed by atoms with van der Waals surface area (Å²) < 4.78 is 14.6. The fraction of sp³-hybridized carbons (Fsp3) is 0.333. The minimum absolute atomic E-state index is 0.0241. The number of nitrogens with zero attached hydrogens (tertiary/aromatic N) is 2. The quantitative estimate of drug-likeness (QED) is 0.171. The molecule has 0 saturated carbocycles. The van der Waals surface area contributed by atoms with Crippen LogP contribution in [-0.4, -0.2) is 35.7 Å². The minimum Gasteiger partial charge on any atom is -0.493 e. The van der Waals surface area contributed by atoms with Gasteiger partial charge in [-0.2, -0.15) is 0 Å². The van der Waals surface area contributed by atoms with Gasteiger partial charge in [0, 0.05) is 29.5 Å². The maximum Gasteiger partial charge on any atom is 0.251 e. The number of hydrogen-bond acceptors (Lipinski definition) is 4. The second-order valence-electron chi connectivity index (χ2n) is 8.95. The summed E-state index contributed by atoms with van der Waals surface area (Å²) in [5.74, 6) is 2.65. The summed E-state index contributed by atoms with van der Waals surface area (Å²) in [5, 5.41) is 3.01. The molecule has 0 aliphatic carbocycles. The molecule has 0 fully saturated rings. The summed E-state index contributed by atoms with van der Waals surface area (Å²) in [6.07, 6.45) is 5.90. The molecule has 0 aliphatic rings. The number of unbranched alkanes of at least 4 members (excludes halogenated alkanes) is 3. The minimum atomic E-state index is -0.0241. The average molecular weight is 565 g/mol. The number of para-hydroxylation sites is 4. The van der Waals surface area contributed by atoms with Gasteiger partial charge in [0.05, 0.1) is 24.8 Å². The zero-order chi connectivity index (χ0) is 25.9. The lowest BCUT2D eigenvalue weighted by Crippen LogP contribution is -2.24. The molecule has 0 aliphatic heterocycles. The number of amides is 1. The Balaban J connectivity index is 1.22. The summed E-state index contributed by atoms with van der Waals surface area (Å²) >= 11 is 3.40. The Hall–Kier alpha value is -3.32. The number of imidazole rings is 1. The molecule has 0 saturated heterocycles. The molecule has 0 spiro atoms. The van der Waals surface area contributed by atoms with Crippen LogP contribution in [0.5, 0.6) is 11.5 Å². The molecular formula is C30H34BrN3O3. The lowest BCUT2D eigenvalue weighted by Gasteiger charge is -2.12. The highest BCUT2D eigenvalue weighted by atomic mass is 79.9. The van der Waals surface area contributed by atoms with Crippen LogP contribution in [0.1, 0.15) is 48.3 Å². The van der Waals surface area contributed by atoms with Crippen LogP contribution in [0.4, 0.5) is 0 Å². The van der Waals surface area contributed by atoms with E-state index < -0.39 is 0 Å². The van der Waals surface area contributed by atoms with Crippen molar-refractivity contribution in [1.29, 1.82) is 0 Å². The van der Waals surface area contributed by atoms with Crippen molar-refractivity contribution >= 4 is 32.9 Å². The Bertz CT molecular complexity index is 1290. The molecule has 0 atom stereocenters. The highest BCUT2D eigenvalue weighted by Gasteiger charge is 2.11. The van der Waals surface area contributed by atoms with Crippen LogP contribution < -0.4 is 14.8 Å². The Kier molecular flexibility index (Phi) is 10.0. The normalized spacial score (nSPS) is 11.0. The van der Waals surface area contributed by atoms with Gasteiger partial charge >= 0.3 is 0 Å². The number of nitrogens with one attached hydrogen (secondary N) is 1. The Morgan fingerprint density at radius 1 is 0.892 bits per heavy atom. The number of hydrogen-bond donors (Lipinski definition) is 1. The second kappa shape index (κ2) is 13.8. The molecule has 6 nitrogen and oxygen atoms in total. The zero-order valence-corrected chi connectivity index (χ0v) is 22.9. The van der Waals surface area contributed by atoms with E-state index in [1.165, 1.54) is 5.52 Å². The number of ether oxygens (including phenoxy) is 2. The molecule has 1 N–H and O–H groups in total. The predicted molar refractivity (Wildman–Crippen MR) is 151 cm³/mol. The maximum absolute atomic E-state index is 12.3. The first kappa shape index (κ1) is 26.7. The molecule has 1 heterocycles. The summed E-state index contributed by atoms with van der Waals surface area (Å²) in [6.45, 7) is 2.24. The molecular weight excluding hydrogens is 530 g/mol. The van der Waals surface area contributed by atoms with Crippen LogP contribution >= 0.6 is 15.9 Å². The van der Waals surface area contributed by atoms with Gasteiger partial charge < -0.3 is 19.4 Å². The van der Waals surface area contributed by atoms with Crippen molar-refractivity contribution in [1.82, 2.24) is 14.9 Å². The number of carbonyl (C=O) groups is 1. The smallest absolute Gasteiger partial charge is 0.251 e. The standard InChI is InChI=1S/C30H34BrN3O3/c1-36-27-13-6-7-14-28(27)37-22-10-9-21-34-26-12-5-4-11-25(26)33-29(34)15-3-2-8-20-32-30(35)23-16-18-24(31)19-17-23/h4-7,11-14,16-19H,2-3,8-10,15,20-22H2,1H3,(H,32,35). The van der Waals surface area contributed by atoms with E-state index in [1.54, 1.807) is 7.11 Å². The van der Waals surface area contributed by atoms with Crippen LogP contribution in [0.2, 0.25) is 0 Å². The second-order valence-corrected chi connectivity index (χ2v) is 9.86. The predicted octanol–water partition coefficient (Wildman–Crippen LogP) is 6.81. The van der Waals surface area contributed by atoms with E-state index in [-0.39, 0.29) is 5.91 Å². The molecule has 0 bridgehead atoms. The van der Waals surface area contributed by atoms with Crippen LogP contribution in [0.15, 0.2) is 77.3 Å². The van der Waals surface area contributed by atoms with Crippen molar-refractivity contribution < 1.29 is 14.3 Å². The molecule has 194 valence electrons. The first-order valence-corrected chi connectivity index (χ1v) is 13.7. The van der Waals surface area contributed by atoms with Crippen molar-refractivity contribution in [2.45, 2.75) is 45.1 Å². The molecule has 0 radical (unpaired) electrons. The Morgan fingerprint density at radius 3 is 2.46 bits per heavy atom. The van der Waals surface area contributed by atoms with Gasteiger partial charge in [0.2, 0.25) is 0 Å². The molecule has 0 unspecified atom stereocenters. The summed E-state index contributed by atoms with van der Waals surface area (Å²) in [7, 11) is 1.66. The molecule has 1 aromatic heterocycles. The van der Waals surface area contributed by atoms with Gasteiger partial charge in [0.15, 0.2) is 11.5 Å². The SMILES string of the molecule is COc1ccccc1OCCCCn1c(CCCCCNC(=O)c2ccc(Br)cc2)nc2ccccc21. The van der Waals surface area contributed by atoms with Gasteiger partial charge in [0.25, 0.3) is 5.91 Å². The molecule has 1 amide bonds. The van der Waals surface area contributed by atoms with Gasteiger partial charge in [0.1, 0.15) is 5.82 Å². The van der Waals surface area contributed by atoms with E-state index in [4.69, 9.17) is 14.5 Å². The zero-order valence-electron chi connectivity index (χ0n) is 21.3. The van der Waals surface area contributed by atoms with E-state index in [0.717, 1.165) is 72.4 Å². The van der Waals surface area contributed by atoms with Gasteiger partial charge in [-0.05, 0) is 74.2 Å². The highest BCUT2D eigenvalue weighted by molar-refractivity contribution is 9.10. The molecule has 37 heavy (non-hydrogen) atoms. The van der Waals surface area contributed by atoms with E-state index >= 15 is 0 Å². The number of methoxy groups -OCH3 is 1. The maximum atomic E-state index is 12.3. The fourth-order valence-electron chi connectivity index (χ4n) is 4.35. The van der Waals surface area contributed by atoms with E-state index in [9.17, 15) is 4.79 Å². The van der Waals surface area contributed by atoms with Gasteiger partial charge in [-0.25, -0.2) is 4.98 Å². The van der Waals surface area contributed by atoms with Gasteiger partial charge in [-0.15, -0.1) is 0 Å². The van der Waals surface area contributed by atoms with E-state index in [1.807, 2.05) is 54.6 Å². The third-order valence-electron chi connectivity index (χ3n) is 6.31. The Morgan fingerprint density at radius 2 is 1.65 bits per heavy atom. The third-order valence-corrected chi connectivity index (χ3v) is 6.83. The van der Waals surface area contributed by atoms with Crippen LogP contribution in [0.25, 0.3) is 11.0 Å². The van der Waals surface area contributed by atoms with Crippen molar-refractivity contribution in [3.63, 3.8) is 0 Å². The molecule has 3 aromatic carbocycles. The van der Waals surface area contributed by atoms with Crippen LogP contribution in [0, 0.1) is 0 Å². The number of aromatic nitrogens is 2. The lowest BCUT2D eigenvalue weighted by molar-refractivity contribution is 0.0953. The highest BCUT2D eigenvalue weighted by Crippen LogP contribution is 2.26. The topological polar surface area (TPSA) is 65.4 Å². The summed E-state index contributed by atoms with van der Waals surface area (Å²) in [6, 6.07) is 23.5. The van der Waals surface area contributed by atoms with Crippen molar-refractivity contribution in [2.75, 3.05) is 20.3 Å². The number of benzene rings is 3. The number of halogens is 1. The van der Waals surface area contributed by atoms with Crippen LogP contribution in [-0.2, 0) is 13.0 Å². The van der Waals surface area contributed by atoms with Gasteiger partial charge in [-0.1, -0.05) is 46.6 Å². The molecule has 4 aromatic rings. The van der Waals surface area contributed by atoms with E-state index in [2.05, 4.69) is 44.0 Å². The van der Waals surface area contributed by atoms with Gasteiger partial charge in [-0.3, -0.25) is 4.79 Å². The number of carbonyl (C=O) groups excluding carboxylic acids is 1. The third kappa shape index (κ3) is 7.59. The average Bonchev–Trinajstić information content (AvgIpc) is 3.28. The molecule has 7 heteroatoms. The molecule has 4 rings (SSSR count).